The van der Waals surface area contributed by atoms with Crippen LogP contribution in [0.25, 0.3) is 0 Å². The molecule has 0 aromatic carbocycles. The van der Waals surface area contributed by atoms with Crippen molar-refractivity contribution in [2.75, 3.05) is 13.2 Å². The van der Waals surface area contributed by atoms with E-state index in [9.17, 15) is 4.79 Å². The average Bonchev–Trinajstić information content (AvgIpc) is 2.24. The first kappa shape index (κ1) is 16.2. The lowest BCUT2D eigenvalue weighted by molar-refractivity contribution is -0.163. The Labute approximate surface area is 102 Å². The van der Waals surface area contributed by atoms with Crippen molar-refractivity contribution >= 4 is 5.78 Å². The third-order valence-electron chi connectivity index (χ3n) is 2.04. The van der Waals surface area contributed by atoms with Gasteiger partial charge in [0, 0.05) is 0 Å². The van der Waals surface area contributed by atoms with Gasteiger partial charge in [0.25, 0.3) is 0 Å². The first-order valence-electron chi connectivity index (χ1n) is 5.28. The van der Waals surface area contributed by atoms with Crippen molar-refractivity contribution in [3.05, 3.63) is 12.7 Å². The summed E-state index contributed by atoms with van der Waals surface area (Å²) in [4.78, 5) is 11.4. The zero-order chi connectivity index (χ0) is 13.7. The highest BCUT2D eigenvalue weighted by Crippen LogP contribution is 2.15. The molecule has 2 atom stereocenters. The summed E-state index contributed by atoms with van der Waals surface area (Å²) in [7, 11) is 0. The monoisotopic (exact) mass is 246 g/mol. The molecule has 0 spiro atoms. The summed E-state index contributed by atoms with van der Waals surface area (Å²) in [5.74, 6) is -0.417. The second-order valence-electron chi connectivity index (χ2n) is 4.56. The van der Waals surface area contributed by atoms with Gasteiger partial charge in [-0.3, -0.25) is 10.5 Å². The lowest BCUT2D eigenvalue weighted by Crippen LogP contribution is -2.50. The molecule has 6 nitrogen and oxygen atoms in total. The first-order chi connectivity index (χ1) is 7.64. The van der Waals surface area contributed by atoms with Crippen LogP contribution in [0.4, 0.5) is 0 Å². The molecule has 0 rings (SSSR count). The SMILES string of the molecule is C=CC(=O)C(C)(N)OCC(C)(C)OC(N)CO. The maximum absolute atomic E-state index is 11.4. The minimum absolute atomic E-state index is 0.0628. The molecule has 0 aromatic heterocycles. The number of aliphatic hydroxyl groups is 1. The second-order valence-corrected chi connectivity index (χ2v) is 4.56. The lowest BCUT2D eigenvalue weighted by atomic mass is 10.1. The van der Waals surface area contributed by atoms with E-state index in [-0.39, 0.29) is 13.2 Å². The number of ketones is 1. The fraction of sp³-hybridized carbons (Fsp3) is 0.727. The molecular formula is C11H22N2O4. The van der Waals surface area contributed by atoms with Gasteiger partial charge in [-0.1, -0.05) is 6.58 Å². The van der Waals surface area contributed by atoms with E-state index in [4.69, 9.17) is 26.0 Å². The van der Waals surface area contributed by atoms with Crippen LogP contribution in [0.2, 0.25) is 0 Å². The fourth-order valence-electron chi connectivity index (χ4n) is 1.08. The van der Waals surface area contributed by atoms with Gasteiger partial charge in [0.1, 0.15) is 6.23 Å². The highest BCUT2D eigenvalue weighted by Gasteiger charge is 2.31. The predicted octanol–water partition coefficient (Wildman–Crippen LogP) is -0.495. The zero-order valence-corrected chi connectivity index (χ0v) is 10.6. The Balaban J connectivity index is 4.35. The van der Waals surface area contributed by atoms with Gasteiger partial charge in [0.05, 0.1) is 18.8 Å². The highest BCUT2D eigenvalue weighted by molar-refractivity contribution is 5.95. The van der Waals surface area contributed by atoms with E-state index in [2.05, 4.69) is 6.58 Å². The third kappa shape index (κ3) is 5.90. The number of carbonyl (C=O) groups excluding carboxylic acids is 1. The minimum Gasteiger partial charge on any atom is -0.392 e. The van der Waals surface area contributed by atoms with Gasteiger partial charge in [-0.15, -0.1) is 0 Å². The molecule has 0 aliphatic rings. The molecule has 0 saturated heterocycles. The summed E-state index contributed by atoms with van der Waals surface area (Å²) >= 11 is 0. The Morgan fingerprint density at radius 1 is 1.53 bits per heavy atom. The van der Waals surface area contributed by atoms with Crippen molar-refractivity contribution in [3.8, 4) is 0 Å². The van der Waals surface area contributed by atoms with Crippen LogP contribution in [0.3, 0.4) is 0 Å². The molecule has 0 aromatic rings. The van der Waals surface area contributed by atoms with Crippen molar-refractivity contribution in [1.82, 2.24) is 0 Å². The standard InChI is InChI=1S/C11H22N2O4/c1-5-8(15)11(4,13)16-7-10(2,3)17-9(12)6-14/h5,9,14H,1,6-7,12-13H2,2-4H3. The van der Waals surface area contributed by atoms with Crippen molar-refractivity contribution in [1.29, 1.82) is 0 Å². The molecule has 6 heteroatoms. The molecule has 0 fully saturated rings. The van der Waals surface area contributed by atoms with Crippen LogP contribution >= 0.6 is 0 Å². The molecule has 0 bridgehead atoms. The van der Waals surface area contributed by atoms with E-state index in [1.807, 2.05) is 0 Å². The largest absolute Gasteiger partial charge is 0.392 e. The fourth-order valence-corrected chi connectivity index (χ4v) is 1.08. The van der Waals surface area contributed by atoms with E-state index in [0.29, 0.717) is 0 Å². The number of nitrogens with two attached hydrogens (primary N) is 2. The third-order valence-corrected chi connectivity index (χ3v) is 2.04. The summed E-state index contributed by atoms with van der Waals surface area (Å²) < 4.78 is 10.6. The van der Waals surface area contributed by atoms with Gasteiger partial charge in [-0.2, -0.15) is 0 Å². The number of hydrogen-bond donors (Lipinski definition) is 3. The van der Waals surface area contributed by atoms with Crippen molar-refractivity contribution in [3.63, 3.8) is 0 Å². The molecule has 0 saturated carbocycles. The van der Waals surface area contributed by atoms with Crippen LogP contribution in [0.15, 0.2) is 12.7 Å². The Morgan fingerprint density at radius 3 is 2.47 bits per heavy atom. The molecule has 5 N–H and O–H groups in total. The number of rotatable bonds is 8. The Hall–Kier alpha value is -0.790. The Kier molecular flexibility index (Phi) is 5.94. The van der Waals surface area contributed by atoms with Gasteiger partial charge in [0.15, 0.2) is 5.72 Å². The molecule has 17 heavy (non-hydrogen) atoms. The Morgan fingerprint density at radius 2 is 2.06 bits per heavy atom. The zero-order valence-electron chi connectivity index (χ0n) is 10.6. The van der Waals surface area contributed by atoms with Gasteiger partial charge in [0.2, 0.25) is 5.78 Å². The van der Waals surface area contributed by atoms with Crippen LogP contribution in [0.1, 0.15) is 20.8 Å². The maximum Gasteiger partial charge on any atom is 0.201 e. The number of hydrogen-bond acceptors (Lipinski definition) is 6. The van der Waals surface area contributed by atoms with Crippen LogP contribution in [0, 0.1) is 0 Å². The highest BCUT2D eigenvalue weighted by atomic mass is 16.6. The van der Waals surface area contributed by atoms with Gasteiger partial charge >= 0.3 is 0 Å². The Bertz CT molecular complexity index is 277. The number of aliphatic hydroxyl groups excluding tert-OH is 1. The topological polar surface area (TPSA) is 108 Å². The van der Waals surface area contributed by atoms with Crippen molar-refractivity contribution < 1.29 is 19.4 Å². The average molecular weight is 246 g/mol. The maximum atomic E-state index is 11.4. The van der Waals surface area contributed by atoms with Gasteiger partial charge in [-0.05, 0) is 26.8 Å². The van der Waals surface area contributed by atoms with E-state index >= 15 is 0 Å². The van der Waals surface area contributed by atoms with Gasteiger partial charge in [-0.25, -0.2) is 0 Å². The molecule has 0 radical (unpaired) electrons. The molecule has 2 unspecified atom stereocenters. The summed E-state index contributed by atoms with van der Waals surface area (Å²) in [6.45, 7) is 7.99. The van der Waals surface area contributed by atoms with E-state index < -0.39 is 23.3 Å². The quantitative estimate of drug-likeness (QED) is 0.394. The summed E-state index contributed by atoms with van der Waals surface area (Å²) in [5, 5.41) is 8.77. The smallest absolute Gasteiger partial charge is 0.201 e. The van der Waals surface area contributed by atoms with Crippen LogP contribution in [0.5, 0.6) is 0 Å². The van der Waals surface area contributed by atoms with Crippen LogP contribution in [-0.4, -0.2) is 41.7 Å². The summed E-state index contributed by atoms with van der Waals surface area (Å²) in [6.07, 6.45) is 0.306. The number of ether oxygens (including phenoxy) is 2. The lowest BCUT2D eigenvalue weighted by Gasteiger charge is -2.32. The normalized spacial score (nSPS) is 17.3. The number of carbonyl (C=O) groups is 1. The van der Waals surface area contributed by atoms with Crippen molar-refractivity contribution in [2.45, 2.75) is 38.3 Å². The predicted molar refractivity (Wildman–Crippen MR) is 64.0 cm³/mol. The molecule has 0 amide bonds. The minimum atomic E-state index is -1.44. The summed E-state index contributed by atoms with van der Waals surface area (Å²) in [6, 6.07) is 0. The van der Waals surface area contributed by atoms with E-state index in [1.54, 1.807) is 13.8 Å². The molecule has 0 aliphatic heterocycles. The van der Waals surface area contributed by atoms with Gasteiger partial charge < -0.3 is 20.3 Å². The van der Waals surface area contributed by atoms with Crippen LogP contribution < -0.4 is 11.5 Å². The molecule has 0 aliphatic carbocycles. The van der Waals surface area contributed by atoms with E-state index in [0.717, 1.165) is 6.08 Å². The van der Waals surface area contributed by atoms with Crippen LogP contribution in [-0.2, 0) is 14.3 Å². The molecular weight excluding hydrogens is 224 g/mol. The van der Waals surface area contributed by atoms with Crippen molar-refractivity contribution in [2.24, 2.45) is 11.5 Å². The first-order valence-corrected chi connectivity index (χ1v) is 5.28. The van der Waals surface area contributed by atoms with E-state index in [1.165, 1.54) is 6.92 Å². The molecule has 100 valence electrons. The summed E-state index contributed by atoms with van der Waals surface area (Å²) in [5.41, 5.74) is 8.91. The molecule has 0 heterocycles. The second kappa shape index (κ2) is 6.23.